The van der Waals surface area contributed by atoms with Crippen LogP contribution < -0.4 is 21.1 Å². The van der Waals surface area contributed by atoms with Crippen molar-refractivity contribution in [3.8, 4) is 5.88 Å². The number of nitrogens with one attached hydrogen (secondary N) is 2. The number of hydrogen-bond donors (Lipinski definition) is 4. The molecular formula is C24H32F3N5O5S. The molecule has 2 aromatic rings. The molecule has 0 saturated carbocycles. The van der Waals surface area contributed by atoms with Gasteiger partial charge in [0.25, 0.3) is 5.91 Å². The van der Waals surface area contributed by atoms with E-state index in [0.717, 1.165) is 38.9 Å². The molecule has 5 N–H and O–H groups in total. The van der Waals surface area contributed by atoms with Crippen molar-refractivity contribution in [3.63, 3.8) is 0 Å². The summed E-state index contributed by atoms with van der Waals surface area (Å²) >= 11 is 0.693. The summed E-state index contributed by atoms with van der Waals surface area (Å²) in [5.74, 6) is -4.95. The Labute approximate surface area is 222 Å². The van der Waals surface area contributed by atoms with E-state index in [0.29, 0.717) is 43.8 Å². The zero-order chi connectivity index (χ0) is 27.7. The van der Waals surface area contributed by atoms with Crippen LogP contribution in [0.5, 0.6) is 5.88 Å². The Bertz CT molecular complexity index is 1110. The van der Waals surface area contributed by atoms with Gasteiger partial charge in [0.2, 0.25) is 5.88 Å². The van der Waals surface area contributed by atoms with Gasteiger partial charge in [-0.3, -0.25) is 15.0 Å². The second kappa shape index (κ2) is 14.3. The summed E-state index contributed by atoms with van der Waals surface area (Å²) < 4.78 is 56.4. The van der Waals surface area contributed by atoms with Crippen molar-refractivity contribution in [2.24, 2.45) is 5.73 Å². The predicted molar refractivity (Wildman–Crippen MR) is 135 cm³/mol. The lowest BCUT2D eigenvalue weighted by Gasteiger charge is -2.27. The summed E-state index contributed by atoms with van der Waals surface area (Å²) in [7, 11) is 0. The average Bonchev–Trinajstić information content (AvgIpc) is 3.28. The first-order valence-electron chi connectivity index (χ1n) is 12.3. The van der Waals surface area contributed by atoms with Crippen LogP contribution in [0.25, 0.3) is 0 Å². The Morgan fingerprint density at radius 3 is 2.68 bits per heavy atom. The number of primary amides is 1. The van der Waals surface area contributed by atoms with Crippen molar-refractivity contribution in [2.45, 2.75) is 45.3 Å². The summed E-state index contributed by atoms with van der Waals surface area (Å²) in [6.45, 7) is 4.81. The van der Waals surface area contributed by atoms with Crippen LogP contribution in [-0.2, 0) is 11.3 Å². The molecule has 38 heavy (non-hydrogen) atoms. The number of morpholine rings is 1. The first kappa shape index (κ1) is 29.6. The lowest BCUT2D eigenvalue weighted by atomic mass is 10.1. The van der Waals surface area contributed by atoms with Crippen LogP contribution in [0.4, 0.5) is 23.0 Å². The molecule has 1 unspecified atom stereocenters. The van der Waals surface area contributed by atoms with E-state index in [2.05, 4.69) is 19.9 Å². The van der Waals surface area contributed by atoms with Crippen LogP contribution in [0.3, 0.4) is 0 Å². The summed E-state index contributed by atoms with van der Waals surface area (Å²) in [6.07, 6.45) is 2.21. The number of carbonyl (C=O) groups excluding carboxylic acids is 2. The third kappa shape index (κ3) is 8.28. The highest BCUT2D eigenvalue weighted by atomic mass is 32.1. The molecule has 1 aromatic heterocycles. The molecule has 2 heterocycles. The van der Waals surface area contributed by atoms with Crippen LogP contribution in [0.1, 0.15) is 47.2 Å². The fourth-order valence-electron chi connectivity index (χ4n) is 3.86. The van der Waals surface area contributed by atoms with Gasteiger partial charge in [-0.1, -0.05) is 0 Å². The maximum Gasteiger partial charge on any atom is 0.319 e. The standard InChI is InChI=1S/C24H32F3N5O5S/c1-14-12-17(25)16(20(27)19(14)26)13-37-22-18(21(28)34)23(38-31-22)30-24(35)29-6-3-2-4-15(33)5-7-32-8-10-36-11-9-32/h12,15,33H,2-11,13H2,1H3,(H2,28,34)(H2,29,30,35). The average molecular weight is 560 g/mol. The Balaban J connectivity index is 1.43. The molecule has 0 aliphatic carbocycles. The highest BCUT2D eigenvalue weighted by Gasteiger charge is 2.24. The molecule has 10 nitrogen and oxygen atoms in total. The lowest BCUT2D eigenvalue weighted by molar-refractivity contribution is 0.0294. The van der Waals surface area contributed by atoms with Gasteiger partial charge in [0.1, 0.15) is 23.0 Å². The molecule has 14 heteroatoms. The van der Waals surface area contributed by atoms with Crippen molar-refractivity contribution >= 4 is 28.5 Å². The van der Waals surface area contributed by atoms with Gasteiger partial charge < -0.3 is 25.6 Å². The van der Waals surface area contributed by atoms with Crippen LogP contribution in [0.15, 0.2) is 6.07 Å². The summed E-state index contributed by atoms with van der Waals surface area (Å²) in [6, 6.07) is 0.213. The summed E-state index contributed by atoms with van der Waals surface area (Å²) in [5.41, 5.74) is 4.23. The molecule has 0 radical (unpaired) electrons. The van der Waals surface area contributed by atoms with Crippen LogP contribution in [-0.4, -0.2) is 71.8 Å². The van der Waals surface area contributed by atoms with Crippen molar-refractivity contribution in [3.05, 3.63) is 40.2 Å². The smallest absolute Gasteiger partial charge is 0.319 e. The van der Waals surface area contributed by atoms with Crippen LogP contribution in [0, 0.1) is 24.4 Å². The van der Waals surface area contributed by atoms with E-state index in [1.807, 2.05) is 0 Å². The Morgan fingerprint density at radius 1 is 1.24 bits per heavy atom. The normalized spacial score (nSPS) is 14.8. The molecule has 0 spiro atoms. The zero-order valence-electron chi connectivity index (χ0n) is 21.0. The number of hydrogen-bond acceptors (Lipinski definition) is 8. The molecule has 3 rings (SSSR count). The molecule has 3 amide bonds. The minimum absolute atomic E-state index is 0.0143. The second-order valence-corrected chi connectivity index (χ2v) is 9.67. The largest absolute Gasteiger partial charge is 0.471 e. The van der Waals surface area contributed by atoms with Gasteiger partial charge in [0.15, 0.2) is 11.6 Å². The SMILES string of the molecule is Cc1cc(F)c(COc2nsc(NC(=O)NCCCCC(O)CCN3CCOCC3)c2C(N)=O)c(F)c1F. The minimum Gasteiger partial charge on any atom is -0.471 e. The summed E-state index contributed by atoms with van der Waals surface area (Å²) in [4.78, 5) is 26.5. The highest BCUT2D eigenvalue weighted by molar-refractivity contribution is 7.11. The minimum atomic E-state index is -1.40. The highest BCUT2D eigenvalue weighted by Crippen LogP contribution is 2.31. The number of nitrogens with two attached hydrogens (primary N) is 1. The number of aliphatic hydroxyl groups excluding tert-OH is 1. The number of amides is 3. The van der Waals surface area contributed by atoms with Crippen LogP contribution >= 0.6 is 11.5 Å². The maximum atomic E-state index is 14.1. The third-order valence-electron chi connectivity index (χ3n) is 6.05. The van der Waals surface area contributed by atoms with E-state index in [-0.39, 0.29) is 22.0 Å². The second-order valence-electron chi connectivity index (χ2n) is 8.90. The lowest BCUT2D eigenvalue weighted by Crippen LogP contribution is -2.37. The van der Waals surface area contributed by atoms with E-state index in [4.69, 9.17) is 15.2 Å². The van der Waals surface area contributed by atoms with Gasteiger partial charge in [-0.15, -0.1) is 0 Å². The Hall–Kier alpha value is -2.94. The maximum absolute atomic E-state index is 14.1. The van der Waals surface area contributed by atoms with Gasteiger partial charge in [-0.25, -0.2) is 18.0 Å². The van der Waals surface area contributed by atoms with Gasteiger partial charge in [0, 0.05) is 26.2 Å². The fraction of sp³-hybridized carbons (Fsp3) is 0.542. The topological polar surface area (TPSA) is 139 Å². The van der Waals surface area contributed by atoms with Gasteiger partial charge in [0.05, 0.1) is 24.9 Å². The van der Waals surface area contributed by atoms with E-state index >= 15 is 0 Å². The molecular weight excluding hydrogens is 527 g/mol. The first-order chi connectivity index (χ1) is 18.2. The molecule has 1 atom stereocenters. The van der Waals surface area contributed by atoms with Crippen LogP contribution in [0.2, 0.25) is 0 Å². The quantitative estimate of drug-likeness (QED) is 0.219. The van der Waals surface area contributed by atoms with Gasteiger partial charge in [-0.2, -0.15) is 4.37 Å². The van der Waals surface area contributed by atoms with E-state index in [9.17, 15) is 27.9 Å². The Morgan fingerprint density at radius 2 is 1.97 bits per heavy atom. The number of rotatable bonds is 13. The summed E-state index contributed by atoms with van der Waals surface area (Å²) in [5, 5.41) is 15.2. The molecule has 210 valence electrons. The van der Waals surface area contributed by atoms with E-state index in [1.54, 1.807) is 0 Å². The van der Waals surface area contributed by atoms with Crippen molar-refractivity contribution < 1.29 is 37.3 Å². The van der Waals surface area contributed by atoms with Gasteiger partial charge in [-0.05, 0) is 55.8 Å². The number of carbonyl (C=O) groups is 2. The van der Waals surface area contributed by atoms with E-state index < -0.39 is 47.7 Å². The molecule has 1 aromatic carbocycles. The number of benzene rings is 1. The number of aryl methyl sites for hydroxylation is 1. The van der Waals surface area contributed by atoms with Gasteiger partial charge >= 0.3 is 6.03 Å². The zero-order valence-corrected chi connectivity index (χ0v) is 21.8. The third-order valence-corrected chi connectivity index (χ3v) is 6.80. The monoisotopic (exact) mass is 559 g/mol. The number of ether oxygens (including phenoxy) is 2. The van der Waals surface area contributed by atoms with Crippen molar-refractivity contribution in [2.75, 3.05) is 44.7 Å². The molecule has 1 saturated heterocycles. The Kier molecular flexibility index (Phi) is 11.1. The number of urea groups is 1. The van der Waals surface area contributed by atoms with E-state index in [1.165, 1.54) is 6.92 Å². The fourth-order valence-corrected chi connectivity index (χ4v) is 4.59. The van der Waals surface area contributed by atoms with Crippen molar-refractivity contribution in [1.82, 2.24) is 14.6 Å². The number of aliphatic hydroxyl groups is 1. The molecule has 1 aliphatic heterocycles. The number of unbranched alkanes of at least 4 members (excludes halogenated alkanes) is 1. The first-order valence-corrected chi connectivity index (χ1v) is 13.0. The number of nitrogens with zero attached hydrogens (tertiary/aromatic N) is 2. The van der Waals surface area contributed by atoms with Crippen molar-refractivity contribution in [1.29, 1.82) is 0 Å². The number of halogens is 3. The molecule has 1 fully saturated rings. The number of aromatic nitrogens is 1. The predicted octanol–water partition coefficient (Wildman–Crippen LogP) is 2.92. The molecule has 1 aliphatic rings. The molecule has 0 bridgehead atoms. The number of anilines is 1.